The van der Waals surface area contributed by atoms with Crippen molar-refractivity contribution in [2.24, 2.45) is 29.4 Å². The van der Waals surface area contributed by atoms with E-state index in [1.807, 2.05) is 0 Å². The Balaban J connectivity index is 1.86. The summed E-state index contributed by atoms with van der Waals surface area (Å²) in [5.74, 6) is -13.1. The van der Waals surface area contributed by atoms with Crippen LogP contribution in [-0.4, -0.2) is 95.0 Å². The first kappa shape index (κ1) is 33.4. The summed E-state index contributed by atoms with van der Waals surface area (Å²) in [6, 6.07) is 1.43. The molecule has 3 aliphatic carbocycles. The lowest BCUT2D eigenvalue weighted by molar-refractivity contribution is -0.181. The Bertz CT molecular complexity index is 1570. The molecule has 240 valence electrons. The number of ketones is 4. The highest BCUT2D eigenvalue weighted by molar-refractivity contribution is 6.32. The number of phenolic OH excluding ortho intramolecular Hbond substituents is 1. The molecular formula is C32H36N2O11. The zero-order valence-corrected chi connectivity index (χ0v) is 25.6. The van der Waals surface area contributed by atoms with Gasteiger partial charge in [-0.3, -0.25) is 28.9 Å². The van der Waals surface area contributed by atoms with Crippen molar-refractivity contribution in [3.05, 3.63) is 46.0 Å². The molecule has 13 nitrogen and oxygen atoms in total. The Morgan fingerprint density at radius 1 is 1.04 bits per heavy atom. The fourth-order valence-electron chi connectivity index (χ4n) is 6.84. The minimum atomic E-state index is -2.84. The highest BCUT2D eigenvalue weighted by Crippen LogP contribution is 2.51. The maximum absolute atomic E-state index is 14.0. The minimum absolute atomic E-state index is 0.0112. The summed E-state index contributed by atoms with van der Waals surface area (Å²) in [6.45, 7) is 4.84. The number of primary amides is 1. The molecule has 1 amide bonds. The number of hydrogen-bond donors (Lipinski definition) is 3. The standard InChI is InChI=1S/C32H36N2O11/c1-6-44-30(41)14(3)10-17(31(42)45-7-2)11-15-8-9-20(35)22-18(15)12-16-13-19-24(34(4)5)26(37)23(29(33)40)28(39)32(19,43)27(38)21(16)25(22)36/h8-11,16,19,21,23-24,35,43H,6-7,12-13H2,1-5H3,(H2,33,40)/t16-,19-,21?,23?,24-,32-/m0/s1. The molecule has 0 bridgehead atoms. The first-order valence-corrected chi connectivity index (χ1v) is 14.5. The van der Waals surface area contributed by atoms with E-state index in [1.165, 1.54) is 50.2 Å². The highest BCUT2D eigenvalue weighted by Gasteiger charge is 2.69. The first-order chi connectivity index (χ1) is 21.1. The second-order valence-electron chi connectivity index (χ2n) is 11.7. The zero-order valence-electron chi connectivity index (χ0n) is 25.6. The van der Waals surface area contributed by atoms with E-state index >= 15 is 0 Å². The molecule has 2 saturated carbocycles. The lowest BCUT2D eigenvalue weighted by Crippen LogP contribution is -2.74. The van der Waals surface area contributed by atoms with Gasteiger partial charge in [-0.1, -0.05) is 6.07 Å². The molecule has 2 unspecified atom stereocenters. The summed E-state index contributed by atoms with van der Waals surface area (Å²) in [5.41, 5.74) is 2.93. The highest BCUT2D eigenvalue weighted by atomic mass is 16.5. The molecule has 0 saturated heterocycles. The maximum atomic E-state index is 14.0. The Morgan fingerprint density at radius 3 is 2.24 bits per heavy atom. The number of ether oxygens (including phenoxy) is 2. The number of nitrogens with two attached hydrogens (primary N) is 1. The molecule has 4 rings (SSSR count). The van der Waals surface area contributed by atoms with E-state index in [1.54, 1.807) is 13.8 Å². The van der Waals surface area contributed by atoms with Crippen LogP contribution in [-0.2, 0) is 44.7 Å². The van der Waals surface area contributed by atoms with Crippen LogP contribution in [0.25, 0.3) is 6.08 Å². The van der Waals surface area contributed by atoms with Crippen LogP contribution >= 0.6 is 0 Å². The number of fused-ring (bicyclic) bond motifs is 3. The van der Waals surface area contributed by atoms with Gasteiger partial charge in [0.05, 0.1) is 36.3 Å². The van der Waals surface area contributed by atoms with E-state index in [0.29, 0.717) is 5.56 Å². The third-order valence-corrected chi connectivity index (χ3v) is 8.77. The summed E-state index contributed by atoms with van der Waals surface area (Å²) in [6.07, 6.45) is 2.53. The number of aromatic hydroxyl groups is 1. The van der Waals surface area contributed by atoms with Crippen molar-refractivity contribution in [1.82, 2.24) is 4.90 Å². The lowest BCUT2D eigenvalue weighted by atomic mass is 9.52. The van der Waals surface area contributed by atoms with Crippen LogP contribution in [0.5, 0.6) is 5.75 Å². The Labute approximate surface area is 259 Å². The monoisotopic (exact) mass is 624 g/mol. The number of nitrogens with zero attached hydrogens (tertiary/aromatic N) is 1. The van der Waals surface area contributed by atoms with Crippen molar-refractivity contribution in [2.45, 2.75) is 45.3 Å². The molecule has 13 heteroatoms. The summed E-state index contributed by atoms with van der Waals surface area (Å²) < 4.78 is 10.2. The number of carbonyl (C=O) groups excluding carboxylic acids is 7. The average molecular weight is 625 g/mol. The first-order valence-electron chi connectivity index (χ1n) is 14.5. The average Bonchev–Trinajstić information content (AvgIpc) is 2.95. The molecule has 1 aromatic carbocycles. The van der Waals surface area contributed by atoms with Crippen LogP contribution in [0.1, 0.15) is 48.7 Å². The molecule has 4 N–H and O–H groups in total. The minimum Gasteiger partial charge on any atom is -0.507 e. The largest absolute Gasteiger partial charge is 0.507 e. The van der Waals surface area contributed by atoms with Gasteiger partial charge >= 0.3 is 11.9 Å². The van der Waals surface area contributed by atoms with Crippen LogP contribution in [0.4, 0.5) is 0 Å². The van der Waals surface area contributed by atoms with Crippen molar-refractivity contribution in [1.29, 1.82) is 0 Å². The molecule has 0 heterocycles. The molecular weight excluding hydrogens is 588 g/mol. The molecule has 6 atom stereocenters. The Hall–Kier alpha value is -4.49. The quantitative estimate of drug-likeness (QED) is 0.155. The maximum Gasteiger partial charge on any atom is 0.338 e. The van der Waals surface area contributed by atoms with E-state index in [2.05, 4.69) is 0 Å². The number of rotatable bonds is 8. The number of amides is 1. The van der Waals surface area contributed by atoms with Gasteiger partial charge in [-0.25, -0.2) is 9.59 Å². The third-order valence-electron chi connectivity index (χ3n) is 8.77. The van der Waals surface area contributed by atoms with E-state index in [9.17, 15) is 43.8 Å². The number of aliphatic hydroxyl groups is 1. The number of phenols is 1. The van der Waals surface area contributed by atoms with Gasteiger partial charge in [0.2, 0.25) is 5.91 Å². The van der Waals surface area contributed by atoms with E-state index < -0.39 is 82.0 Å². The molecule has 0 aliphatic heterocycles. The van der Waals surface area contributed by atoms with Crippen molar-refractivity contribution in [2.75, 3.05) is 27.3 Å². The molecule has 1 aromatic rings. The number of benzene rings is 1. The van der Waals surface area contributed by atoms with Crippen LogP contribution < -0.4 is 5.73 Å². The SMILES string of the molecule is CCOC(=O)C(C)=CC(=Cc1ccc(O)c2c1C[C@H]1C[C@H]3[C@H](N(C)C)C(=O)C(C(N)=O)C(=O)[C@@]3(O)C(=O)C1C2=O)C(=O)OCC. The fraction of sp³-hybridized carbons (Fsp3) is 0.469. The predicted octanol–water partition coefficient (Wildman–Crippen LogP) is 0.323. The number of esters is 2. The van der Waals surface area contributed by atoms with Crippen molar-refractivity contribution in [3.63, 3.8) is 0 Å². The summed E-state index contributed by atoms with van der Waals surface area (Å²) in [7, 11) is 3.00. The molecule has 0 aromatic heterocycles. The van der Waals surface area contributed by atoms with Crippen molar-refractivity contribution < 1.29 is 53.2 Å². The number of hydrogen-bond acceptors (Lipinski definition) is 12. The predicted molar refractivity (Wildman–Crippen MR) is 156 cm³/mol. The van der Waals surface area contributed by atoms with E-state index in [-0.39, 0.29) is 48.3 Å². The normalized spacial score (nSPS) is 28.3. The van der Waals surface area contributed by atoms with Gasteiger partial charge in [0.1, 0.15) is 5.75 Å². The second kappa shape index (κ2) is 12.5. The Morgan fingerprint density at radius 2 is 1.67 bits per heavy atom. The van der Waals surface area contributed by atoms with Crippen molar-refractivity contribution >= 4 is 47.1 Å². The van der Waals surface area contributed by atoms with Gasteiger partial charge in [-0.15, -0.1) is 0 Å². The topological polar surface area (TPSA) is 208 Å². The number of Topliss-reactive ketones (excluding diaryl/α,β-unsaturated/α-hetero) is 4. The van der Waals surface area contributed by atoms with Crippen LogP contribution in [0.15, 0.2) is 29.4 Å². The second-order valence-corrected chi connectivity index (χ2v) is 11.7. The molecule has 3 aliphatic rings. The zero-order chi connectivity index (χ0) is 33.5. The van der Waals surface area contributed by atoms with Gasteiger partial charge in [0.25, 0.3) is 0 Å². The molecule has 0 spiro atoms. The van der Waals surface area contributed by atoms with Crippen molar-refractivity contribution in [3.8, 4) is 5.75 Å². The van der Waals surface area contributed by atoms with Gasteiger partial charge in [-0.05, 0) is 83.0 Å². The summed E-state index contributed by atoms with van der Waals surface area (Å²) in [5, 5.41) is 22.5. The van der Waals surface area contributed by atoms with Crippen LogP contribution in [0.3, 0.4) is 0 Å². The molecule has 0 radical (unpaired) electrons. The summed E-state index contributed by atoms with van der Waals surface area (Å²) in [4.78, 5) is 93.3. The van der Waals surface area contributed by atoms with Gasteiger partial charge in [0.15, 0.2) is 34.7 Å². The molecule has 45 heavy (non-hydrogen) atoms. The number of likely N-dealkylation sites (N-methyl/N-ethyl adjacent to an activating group) is 1. The fourth-order valence-corrected chi connectivity index (χ4v) is 6.84. The van der Waals surface area contributed by atoms with E-state index in [0.717, 1.165) is 0 Å². The summed E-state index contributed by atoms with van der Waals surface area (Å²) >= 11 is 0. The van der Waals surface area contributed by atoms with Gasteiger partial charge in [0, 0.05) is 11.5 Å². The van der Waals surface area contributed by atoms with Crippen LogP contribution in [0.2, 0.25) is 0 Å². The Kier molecular flexibility index (Phi) is 9.27. The van der Waals surface area contributed by atoms with Gasteiger partial charge < -0.3 is 25.4 Å². The third kappa shape index (κ3) is 5.50. The lowest BCUT2D eigenvalue weighted by Gasteiger charge is -2.52. The smallest absolute Gasteiger partial charge is 0.338 e. The molecule has 2 fully saturated rings. The van der Waals surface area contributed by atoms with E-state index in [4.69, 9.17) is 15.2 Å². The van der Waals surface area contributed by atoms with Gasteiger partial charge in [-0.2, -0.15) is 0 Å². The number of carbonyl (C=O) groups is 7. The van der Waals surface area contributed by atoms with Crippen LogP contribution in [0, 0.1) is 23.7 Å².